The predicted octanol–water partition coefficient (Wildman–Crippen LogP) is 6.85. The Labute approximate surface area is 247 Å². The lowest BCUT2D eigenvalue weighted by atomic mass is 9.54. The van der Waals surface area contributed by atoms with Gasteiger partial charge in [0.1, 0.15) is 28.6 Å². The number of carbonyl (C=O) groups is 1. The molecule has 0 bridgehead atoms. The van der Waals surface area contributed by atoms with Crippen LogP contribution in [0.2, 0.25) is 0 Å². The van der Waals surface area contributed by atoms with Crippen LogP contribution in [0.25, 0.3) is 5.57 Å². The zero-order valence-electron chi connectivity index (χ0n) is 24.6. The van der Waals surface area contributed by atoms with Crippen LogP contribution in [0.4, 0.5) is 0 Å². The van der Waals surface area contributed by atoms with E-state index in [9.17, 15) is 9.90 Å². The molecule has 3 unspecified atom stereocenters. The van der Waals surface area contributed by atoms with Crippen molar-refractivity contribution in [3.8, 4) is 23.0 Å². The van der Waals surface area contributed by atoms with Crippen LogP contribution in [0, 0.1) is 5.92 Å². The first-order valence-corrected chi connectivity index (χ1v) is 13.8. The number of allylic oxidation sites excluding steroid dienone is 1. The fourth-order valence-electron chi connectivity index (χ4n) is 6.13. The van der Waals surface area contributed by atoms with Gasteiger partial charge in [-0.05, 0) is 95.4 Å². The minimum absolute atomic E-state index is 0.167. The Morgan fingerprint density at radius 2 is 1.05 bits per heavy atom. The highest BCUT2D eigenvalue weighted by Crippen LogP contribution is 2.55. The van der Waals surface area contributed by atoms with Gasteiger partial charge >= 0.3 is 0 Å². The molecule has 0 heterocycles. The fourth-order valence-corrected chi connectivity index (χ4v) is 6.13. The summed E-state index contributed by atoms with van der Waals surface area (Å²) in [5.74, 6) is 1.73. The van der Waals surface area contributed by atoms with Crippen LogP contribution in [-0.4, -0.2) is 39.3 Å². The first kappa shape index (κ1) is 29.0. The van der Waals surface area contributed by atoms with Crippen molar-refractivity contribution >= 4 is 11.4 Å². The third-order valence-electron chi connectivity index (χ3n) is 8.43. The summed E-state index contributed by atoms with van der Waals surface area (Å²) in [4.78, 5) is 14.7. The summed E-state index contributed by atoms with van der Waals surface area (Å²) in [5.41, 5.74) is 1.40. The second-order valence-corrected chi connectivity index (χ2v) is 10.8. The summed E-state index contributed by atoms with van der Waals surface area (Å²) in [6.07, 6.45) is 2.37. The molecular weight excluding hydrogens is 528 g/mol. The van der Waals surface area contributed by atoms with E-state index in [2.05, 4.69) is 6.92 Å². The SMILES string of the molecule is COc1ccc(C(=O)C2C(O)(c3ccc(OC)cc3)C=C(c3ccc(OC)cc3)CC2(C)c2ccc(OC)cc2)cc1. The molecule has 5 rings (SSSR count). The third kappa shape index (κ3) is 5.26. The smallest absolute Gasteiger partial charge is 0.170 e. The van der Waals surface area contributed by atoms with Crippen molar-refractivity contribution in [3.63, 3.8) is 0 Å². The van der Waals surface area contributed by atoms with E-state index >= 15 is 0 Å². The molecule has 0 spiro atoms. The van der Waals surface area contributed by atoms with Gasteiger partial charge in [0, 0.05) is 11.0 Å². The van der Waals surface area contributed by atoms with Crippen LogP contribution < -0.4 is 18.9 Å². The van der Waals surface area contributed by atoms with Crippen molar-refractivity contribution < 1.29 is 28.8 Å². The molecule has 1 aliphatic rings. The monoisotopic (exact) mass is 564 g/mol. The largest absolute Gasteiger partial charge is 0.497 e. The molecule has 0 aromatic heterocycles. The number of Topliss-reactive ketones (excluding diaryl/α,β-unsaturated/α-hetero) is 1. The van der Waals surface area contributed by atoms with Gasteiger partial charge < -0.3 is 24.1 Å². The Morgan fingerprint density at radius 3 is 1.50 bits per heavy atom. The minimum atomic E-state index is -1.66. The van der Waals surface area contributed by atoms with Gasteiger partial charge in [-0.25, -0.2) is 0 Å². The molecule has 42 heavy (non-hydrogen) atoms. The van der Waals surface area contributed by atoms with Crippen LogP contribution in [0.1, 0.15) is 40.4 Å². The number of rotatable bonds is 9. The average molecular weight is 565 g/mol. The highest BCUT2D eigenvalue weighted by atomic mass is 16.5. The van der Waals surface area contributed by atoms with Gasteiger partial charge in [-0.15, -0.1) is 0 Å². The summed E-state index contributed by atoms with van der Waals surface area (Å²) in [6, 6.07) is 29.9. The zero-order valence-corrected chi connectivity index (χ0v) is 24.6. The van der Waals surface area contributed by atoms with Crippen molar-refractivity contribution in [3.05, 3.63) is 125 Å². The van der Waals surface area contributed by atoms with E-state index in [-0.39, 0.29) is 5.78 Å². The zero-order chi connectivity index (χ0) is 29.9. The molecule has 4 aromatic carbocycles. The number of aliphatic hydroxyl groups is 1. The van der Waals surface area contributed by atoms with Crippen LogP contribution in [-0.2, 0) is 11.0 Å². The molecule has 3 atom stereocenters. The number of benzene rings is 4. The van der Waals surface area contributed by atoms with Gasteiger partial charge in [-0.3, -0.25) is 4.79 Å². The Bertz CT molecular complexity index is 1560. The number of carbonyl (C=O) groups excluding carboxylic acids is 1. The first-order valence-electron chi connectivity index (χ1n) is 13.8. The first-order chi connectivity index (χ1) is 20.2. The van der Waals surface area contributed by atoms with Crippen molar-refractivity contribution in [2.24, 2.45) is 5.92 Å². The highest BCUT2D eigenvalue weighted by molar-refractivity contribution is 6.01. The van der Waals surface area contributed by atoms with E-state index in [0.717, 1.165) is 22.4 Å². The maximum absolute atomic E-state index is 14.7. The average Bonchev–Trinajstić information content (AvgIpc) is 3.04. The van der Waals surface area contributed by atoms with Crippen molar-refractivity contribution in [1.82, 2.24) is 0 Å². The van der Waals surface area contributed by atoms with Crippen molar-refractivity contribution in [2.75, 3.05) is 28.4 Å². The van der Waals surface area contributed by atoms with E-state index in [1.54, 1.807) is 52.7 Å². The molecule has 1 aliphatic carbocycles. The highest BCUT2D eigenvalue weighted by Gasteiger charge is 2.55. The maximum Gasteiger partial charge on any atom is 0.170 e. The van der Waals surface area contributed by atoms with Crippen molar-refractivity contribution in [2.45, 2.75) is 24.4 Å². The second kappa shape index (κ2) is 11.7. The summed E-state index contributed by atoms with van der Waals surface area (Å²) in [5, 5.41) is 12.9. The molecule has 4 aromatic rings. The lowest BCUT2D eigenvalue weighted by Crippen LogP contribution is -2.53. The van der Waals surface area contributed by atoms with Crippen LogP contribution in [0.3, 0.4) is 0 Å². The van der Waals surface area contributed by atoms with E-state index in [1.165, 1.54) is 0 Å². The molecule has 6 nitrogen and oxygen atoms in total. The van der Waals surface area contributed by atoms with E-state index in [4.69, 9.17) is 18.9 Å². The molecule has 0 radical (unpaired) electrons. The predicted molar refractivity (Wildman–Crippen MR) is 164 cm³/mol. The molecule has 0 fully saturated rings. The molecule has 216 valence electrons. The fraction of sp³-hybridized carbons (Fsp3) is 0.250. The number of hydrogen-bond acceptors (Lipinski definition) is 6. The molecule has 0 saturated carbocycles. The van der Waals surface area contributed by atoms with Crippen LogP contribution in [0.15, 0.2) is 103 Å². The topological polar surface area (TPSA) is 74.2 Å². The lowest BCUT2D eigenvalue weighted by Gasteiger charge is -2.49. The standard InChI is InChI=1S/C36H36O6/c1-35(27-10-18-31(41-4)19-11-27)22-26(24-6-14-29(39-2)15-7-24)23-36(38,28-12-20-32(42-5)21-13-28)34(35)33(37)25-8-16-30(40-3)17-9-25/h6-21,23,34,38H,22H2,1-5H3. The van der Waals surface area contributed by atoms with Gasteiger partial charge in [0.15, 0.2) is 5.78 Å². The van der Waals surface area contributed by atoms with E-state index in [0.29, 0.717) is 34.8 Å². The van der Waals surface area contributed by atoms with Gasteiger partial charge in [-0.1, -0.05) is 43.3 Å². The van der Waals surface area contributed by atoms with Crippen LogP contribution in [0.5, 0.6) is 23.0 Å². The Kier molecular flexibility index (Phi) is 8.10. The number of hydrogen-bond donors (Lipinski definition) is 1. The van der Waals surface area contributed by atoms with Crippen molar-refractivity contribution in [1.29, 1.82) is 0 Å². The van der Waals surface area contributed by atoms with E-state index < -0.39 is 16.9 Å². The third-order valence-corrected chi connectivity index (χ3v) is 8.43. The van der Waals surface area contributed by atoms with Gasteiger partial charge in [0.05, 0.1) is 34.4 Å². The van der Waals surface area contributed by atoms with Gasteiger partial charge in [0.25, 0.3) is 0 Å². The molecule has 0 aliphatic heterocycles. The van der Waals surface area contributed by atoms with Gasteiger partial charge in [-0.2, -0.15) is 0 Å². The lowest BCUT2D eigenvalue weighted by molar-refractivity contribution is -0.00848. The normalized spacial score (nSPS) is 21.7. The number of methoxy groups -OCH3 is 4. The summed E-state index contributed by atoms with van der Waals surface area (Å²) >= 11 is 0. The van der Waals surface area contributed by atoms with Crippen LogP contribution >= 0.6 is 0 Å². The molecule has 0 amide bonds. The number of ether oxygens (including phenoxy) is 4. The molecule has 6 heteroatoms. The summed E-state index contributed by atoms with van der Waals surface area (Å²) in [6.45, 7) is 2.06. The Hall–Kier alpha value is -4.55. The quantitative estimate of drug-likeness (QED) is 0.224. The maximum atomic E-state index is 14.7. The molecule has 0 saturated heterocycles. The Morgan fingerprint density at radius 1 is 0.643 bits per heavy atom. The van der Waals surface area contributed by atoms with E-state index in [1.807, 2.05) is 78.9 Å². The minimum Gasteiger partial charge on any atom is -0.497 e. The second-order valence-electron chi connectivity index (χ2n) is 10.8. The molecule has 1 N–H and O–H groups in total. The van der Waals surface area contributed by atoms with Gasteiger partial charge in [0.2, 0.25) is 0 Å². The molecular formula is C36H36O6. The summed E-state index contributed by atoms with van der Waals surface area (Å²) in [7, 11) is 6.45. The summed E-state index contributed by atoms with van der Waals surface area (Å²) < 4.78 is 21.6. The Balaban J connectivity index is 1.76. The number of ketones is 1.